The van der Waals surface area contributed by atoms with Gasteiger partial charge in [-0.1, -0.05) is 12.1 Å². The summed E-state index contributed by atoms with van der Waals surface area (Å²) in [6.45, 7) is 0. The Balaban J connectivity index is 1.68. The maximum Gasteiger partial charge on any atom is 0.338 e. The minimum atomic E-state index is -0.312. The predicted molar refractivity (Wildman–Crippen MR) is 75.8 cm³/mol. The lowest BCUT2D eigenvalue weighted by Crippen LogP contribution is -2.27. The topological polar surface area (TPSA) is 61.6 Å². The molecule has 5 nitrogen and oxygen atoms in total. The van der Waals surface area contributed by atoms with Crippen LogP contribution in [0.1, 0.15) is 29.6 Å². The van der Waals surface area contributed by atoms with Gasteiger partial charge in [-0.15, -0.1) is 0 Å². The maximum atomic E-state index is 12.1. The Morgan fingerprint density at radius 3 is 2.67 bits per heavy atom. The normalized spacial score (nSPS) is 21.4. The van der Waals surface area contributed by atoms with E-state index in [2.05, 4.69) is 4.98 Å². The average molecular weight is 287 g/mol. The van der Waals surface area contributed by atoms with Crippen LogP contribution in [0.15, 0.2) is 41.3 Å². The lowest BCUT2D eigenvalue weighted by molar-refractivity contribution is -0.0206. The molecular formula is C16H17NO4. The van der Waals surface area contributed by atoms with E-state index >= 15 is 0 Å². The highest BCUT2D eigenvalue weighted by Gasteiger charge is 2.30. The van der Waals surface area contributed by atoms with Crippen LogP contribution < -0.4 is 0 Å². The second-order valence-electron chi connectivity index (χ2n) is 5.09. The van der Waals surface area contributed by atoms with Crippen LogP contribution in [0.3, 0.4) is 0 Å². The van der Waals surface area contributed by atoms with Crippen LogP contribution >= 0.6 is 0 Å². The summed E-state index contributed by atoms with van der Waals surface area (Å²) in [6, 6.07) is 7.10. The van der Waals surface area contributed by atoms with E-state index in [4.69, 9.17) is 13.9 Å². The van der Waals surface area contributed by atoms with Gasteiger partial charge in [0, 0.05) is 12.7 Å². The Bertz CT molecular complexity index is 591. The first-order valence-corrected chi connectivity index (χ1v) is 7.00. The van der Waals surface area contributed by atoms with E-state index in [-0.39, 0.29) is 18.2 Å². The number of ether oxygens (including phenoxy) is 2. The molecule has 1 fully saturated rings. The smallest absolute Gasteiger partial charge is 0.338 e. The molecule has 2 atom stereocenters. The SMILES string of the molecule is CO[C@H]1CCC[C@H]1OC(=O)c1ccc(-c2cnco2)cc1. The first kappa shape index (κ1) is 13.8. The summed E-state index contributed by atoms with van der Waals surface area (Å²) in [7, 11) is 1.66. The number of carbonyl (C=O) groups is 1. The van der Waals surface area contributed by atoms with Crippen molar-refractivity contribution in [2.24, 2.45) is 0 Å². The third-order valence-electron chi connectivity index (χ3n) is 3.79. The van der Waals surface area contributed by atoms with E-state index in [1.165, 1.54) is 6.39 Å². The molecule has 1 saturated carbocycles. The van der Waals surface area contributed by atoms with Crippen molar-refractivity contribution in [2.75, 3.05) is 7.11 Å². The highest BCUT2D eigenvalue weighted by Crippen LogP contribution is 2.26. The minimum absolute atomic E-state index is 0.0161. The lowest BCUT2D eigenvalue weighted by atomic mass is 10.1. The third kappa shape index (κ3) is 2.97. The molecule has 21 heavy (non-hydrogen) atoms. The Labute approximate surface area is 122 Å². The zero-order chi connectivity index (χ0) is 14.7. The molecule has 1 aromatic carbocycles. The van der Waals surface area contributed by atoms with Crippen LogP contribution in [0.25, 0.3) is 11.3 Å². The molecule has 1 aliphatic rings. The lowest BCUT2D eigenvalue weighted by Gasteiger charge is -2.18. The van der Waals surface area contributed by atoms with Crippen LogP contribution in [0.4, 0.5) is 0 Å². The zero-order valence-corrected chi connectivity index (χ0v) is 11.8. The van der Waals surface area contributed by atoms with Crippen molar-refractivity contribution in [1.29, 1.82) is 0 Å². The Kier molecular flexibility index (Phi) is 4.01. The number of aromatic nitrogens is 1. The largest absolute Gasteiger partial charge is 0.456 e. The fraction of sp³-hybridized carbons (Fsp3) is 0.375. The van der Waals surface area contributed by atoms with Crippen LogP contribution in [-0.4, -0.2) is 30.3 Å². The van der Waals surface area contributed by atoms with Gasteiger partial charge in [-0.25, -0.2) is 9.78 Å². The number of methoxy groups -OCH3 is 1. The van der Waals surface area contributed by atoms with Crippen LogP contribution in [0.5, 0.6) is 0 Å². The summed E-state index contributed by atoms with van der Waals surface area (Å²) in [5.41, 5.74) is 1.40. The van der Waals surface area contributed by atoms with Crippen LogP contribution in [0.2, 0.25) is 0 Å². The van der Waals surface area contributed by atoms with Crippen LogP contribution in [-0.2, 0) is 9.47 Å². The van der Waals surface area contributed by atoms with Gasteiger partial charge in [-0.2, -0.15) is 0 Å². The number of benzene rings is 1. The average Bonchev–Trinajstić information content (AvgIpc) is 3.18. The van der Waals surface area contributed by atoms with Crippen molar-refractivity contribution in [3.63, 3.8) is 0 Å². The Hall–Kier alpha value is -2.14. The van der Waals surface area contributed by atoms with E-state index in [0.717, 1.165) is 24.8 Å². The number of oxazole rings is 1. The Morgan fingerprint density at radius 2 is 2.00 bits per heavy atom. The molecule has 1 aliphatic carbocycles. The summed E-state index contributed by atoms with van der Waals surface area (Å²) in [4.78, 5) is 16.0. The molecule has 0 radical (unpaired) electrons. The number of carbonyl (C=O) groups excluding carboxylic acids is 1. The van der Waals surface area contributed by atoms with Crippen molar-refractivity contribution in [3.8, 4) is 11.3 Å². The van der Waals surface area contributed by atoms with Gasteiger partial charge in [0.25, 0.3) is 0 Å². The van der Waals surface area contributed by atoms with Gasteiger partial charge in [0.15, 0.2) is 12.2 Å². The van der Waals surface area contributed by atoms with Crippen molar-refractivity contribution >= 4 is 5.97 Å². The summed E-state index contributed by atoms with van der Waals surface area (Å²) < 4.78 is 16.1. The quantitative estimate of drug-likeness (QED) is 0.809. The number of esters is 1. The molecule has 3 rings (SSSR count). The van der Waals surface area contributed by atoms with E-state index < -0.39 is 0 Å². The number of hydrogen-bond donors (Lipinski definition) is 0. The molecule has 0 amide bonds. The van der Waals surface area contributed by atoms with Gasteiger partial charge < -0.3 is 13.9 Å². The van der Waals surface area contributed by atoms with Gasteiger partial charge in [-0.05, 0) is 31.4 Å². The Morgan fingerprint density at radius 1 is 1.24 bits per heavy atom. The standard InChI is InChI=1S/C16H17NO4/c1-19-13-3-2-4-14(13)21-16(18)12-7-5-11(6-8-12)15-9-17-10-20-15/h5-10,13-14H,2-4H2,1H3/t13-,14+/m0/s1. The summed E-state index contributed by atoms with van der Waals surface area (Å²) >= 11 is 0. The van der Waals surface area contributed by atoms with Crippen molar-refractivity contribution < 1.29 is 18.7 Å². The molecule has 0 unspecified atom stereocenters. The van der Waals surface area contributed by atoms with Crippen LogP contribution in [0, 0.1) is 0 Å². The second-order valence-corrected chi connectivity index (χ2v) is 5.09. The van der Waals surface area contributed by atoms with Crippen molar-refractivity contribution in [1.82, 2.24) is 4.98 Å². The molecule has 1 heterocycles. The van der Waals surface area contributed by atoms with Crippen molar-refractivity contribution in [3.05, 3.63) is 42.4 Å². The maximum absolute atomic E-state index is 12.1. The van der Waals surface area contributed by atoms with Gasteiger partial charge in [0.2, 0.25) is 0 Å². The molecule has 0 spiro atoms. The highest BCUT2D eigenvalue weighted by atomic mass is 16.6. The summed E-state index contributed by atoms with van der Waals surface area (Å²) in [6.07, 6.45) is 5.72. The monoisotopic (exact) mass is 287 g/mol. The number of nitrogens with zero attached hydrogens (tertiary/aromatic N) is 1. The number of hydrogen-bond acceptors (Lipinski definition) is 5. The molecule has 2 aromatic rings. The van der Waals surface area contributed by atoms with Gasteiger partial charge in [0.05, 0.1) is 17.9 Å². The highest BCUT2D eigenvalue weighted by molar-refractivity contribution is 5.90. The van der Waals surface area contributed by atoms with E-state index in [1.54, 1.807) is 25.4 Å². The first-order valence-electron chi connectivity index (χ1n) is 7.00. The fourth-order valence-corrected chi connectivity index (χ4v) is 2.63. The first-order chi connectivity index (χ1) is 10.3. The second kappa shape index (κ2) is 6.10. The van der Waals surface area contributed by atoms with E-state index in [1.807, 2.05) is 12.1 Å². The fourth-order valence-electron chi connectivity index (χ4n) is 2.63. The molecule has 0 bridgehead atoms. The molecule has 5 heteroatoms. The molecule has 0 N–H and O–H groups in total. The summed E-state index contributed by atoms with van der Waals surface area (Å²) in [5, 5.41) is 0. The minimum Gasteiger partial charge on any atom is -0.456 e. The molecule has 0 saturated heterocycles. The van der Waals surface area contributed by atoms with E-state index in [9.17, 15) is 4.79 Å². The predicted octanol–water partition coefficient (Wildman–Crippen LogP) is 3.07. The summed E-state index contributed by atoms with van der Waals surface area (Å²) in [5.74, 6) is 0.359. The zero-order valence-electron chi connectivity index (χ0n) is 11.8. The molecule has 1 aromatic heterocycles. The molecule has 110 valence electrons. The van der Waals surface area contributed by atoms with Gasteiger partial charge in [0.1, 0.15) is 6.10 Å². The molecule has 0 aliphatic heterocycles. The molecular weight excluding hydrogens is 270 g/mol. The van der Waals surface area contributed by atoms with Crippen molar-refractivity contribution in [2.45, 2.75) is 31.5 Å². The van der Waals surface area contributed by atoms with Gasteiger partial charge in [-0.3, -0.25) is 0 Å². The van der Waals surface area contributed by atoms with Gasteiger partial charge >= 0.3 is 5.97 Å². The third-order valence-corrected chi connectivity index (χ3v) is 3.79. The number of rotatable bonds is 4. The van der Waals surface area contributed by atoms with E-state index in [0.29, 0.717) is 11.3 Å².